The number of hydrogen-bond donors (Lipinski definition) is 0. The molecule has 0 N–H and O–H groups in total. The predicted octanol–water partition coefficient (Wildman–Crippen LogP) is 6.12. The Hall–Kier alpha value is -3.08. The van der Waals surface area contributed by atoms with Crippen LogP contribution in [0.4, 0.5) is 18.0 Å². The highest BCUT2D eigenvalue weighted by Crippen LogP contribution is 2.38. The number of aromatic nitrogens is 4. The van der Waals surface area contributed by atoms with Crippen LogP contribution in [-0.2, 0) is 18.0 Å². The predicted molar refractivity (Wildman–Crippen MR) is 132 cm³/mol. The van der Waals surface area contributed by atoms with Crippen LogP contribution in [0, 0.1) is 5.92 Å². The van der Waals surface area contributed by atoms with Crippen molar-refractivity contribution in [2.24, 2.45) is 13.0 Å². The molecule has 1 saturated heterocycles. The molecule has 0 spiro atoms. The van der Waals surface area contributed by atoms with Crippen molar-refractivity contribution >= 4 is 28.7 Å². The molecule has 200 valence electrons. The number of rotatable bonds is 5. The van der Waals surface area contributed by atoms with Crippen LogP contribution in [0.1, 0.15) is 45.6 Å². The minimum atomic E-state index is -4.68. The topological polar surface area (TPSA) is 82.4 Å². The highest BCUT2D eigenvalue weighted by Gasteiger charge is 2.36. The number of hydrogen-bond acceptors (Lipinski definition) is 6. The molecular weight excluding hydrogens is 511 g/mol. The van der Waals surface area contributed by atoms with E-state index in [2.05, 4.69) is 15.0 Å². The van der Waals surface area contributed by atoms with Crippen LogP contribution in [0.25, 0.3) is 22.3 Å². The van der Waals surface area contributed by atoms with Gasteiger partial charge in [0, 0.05) is 43.5 Å². The average Bonchev–Trinajstić information content (AvgIpc) is 3.18. The van der Waals surface area contributed by atoms with Crippen molar-refractivity contribution in [3.63, 3.8) is 0 Å². The van der Waals surface area contributed by atoms with Gasteiger partial charge in [0.15, 0.2) is 0 Å². The molecule has 0 aromatic carbocycles. The maximum absolute atomic E-state index is 13.9. The monoisotopic (exact) mass is 539 g/mol. The van der Waals surface area contributed by atoms with Crippen LogP contribution in [0.5, 0.6) is 5.88 Å². The zero-order valence-corrected chi connectivity index (χ0v) is 21.9. The van der Waals surface area contributed by atoms with E-state index in [-0.39, 0.29) is 35.2 Å². The second kappa shape index (κ2) is 10.4. The lowest BCUT2D eigenvalue weighted by molar-refractivity contribution is -0.139. The highest BCUT2D eigenvalue weighted by atomic mass is 35.5. The molecule has 4 rings (SSSR count). The summed E-state index contributed by atoms with van der Waals surface area (Å²) in [5.74, 6) is -0.256. The molecular formula is C25H29ClF3N5O3. The van der Waals surface area contributed by atoms with E-state index in [1.165, 1.54) is 6.20 Å². The van der Waals surface area contributed by atoms with E-state index in [1.807, 2.05) is 20.8 Å². The molecule has 8 nitrogen and oxygen atoms in total. The van der Waals surface area contributed by atoms with E-state index < -0.39 is 23.2 Å². The fraction of sp³-hybridized carbons (Fsp3) is 0.520. The third-order valence-electron chi connectivity index (χ3n) is 6.16. The molecule has 1 fully saturated rings. The third kappa shape index (κ3) is 6.44. The lowest BCUT2D eigenvalue weighted by atomic mass is 9.94. The second-order valence-corrected chi connectivity index (χ2v) is 10.5. The van der Waals surface area contributed by atoms with Gasteiger partial charge in [0.05, 0.1) is 12.3 Å². The molecule has 1 amide bonds. The van der Waals surface area contributed by atoms with Gasteiger partial charge in [-0.1, -0.05) is 0 Å². The summed E-state index contributed by atoms with van der Waals surface area (Å²) in [5.41, 5.74) is -0.621. The van der Waals surface area contributed by atoms with Crippen molar-refractivity contribution < 1.29 is 27.4 Å². The fourth-order valence-electron chi connectivity index (χ4n) is 4.28. The number of carbonyl (C=O) groups is 1. The minimum absolute atomic E-state index is 0.0732. The molecule has 0 saturated carbocycles. The van der Waals surface area contributed by atoms with Gasteiger partial charge in [0.1, 0.15) is 16.8 Å². The largest absolute Gasteiger partial charge is 0.477 e. The molecule has 0 unspecified atom stereocenters. The Morgan fingerprint density at radius 2 is 1.89 bits per heavy atom. The number of fused-ring (bicyclic) bond motifs is 1. The molecule has 0 atom stereocenters. The average molecular weight is 540 g/mol. The number of aryl methyl sites for hydroxylation is 1. The van der Waals surface area contributed by atoms with Crippen LogP contribution < -0.4 is 4.74 Å². The van der Waals surface area contributed by atoms with E-state index in [0.29, 0.717) is 30.5 Å². The number of pyridine rings is 1. The number of halogens is 4. The minimum Gasteiger partial charge on any atom is -0.477 e. The first-order valence-electron chi connectivity index (χ1n) is 12.0. The van der Waals surface area contributed by atoms with Crippen LogP contribution in [-0.4, -0.2) is 55.8 Å². The Bertz CT molecular complexity index is 1280. The first kappa shape index (κ1) is 27.0. The molecule has 4 heterocycles. The van der Waals surface area contributed by atoms with E-state index in [1.54, 1.807) is 28.8 Å². The summed E-state index contributed by atoms with van der Waals surface area (Å²) in [6, 6.07) is 2.69. The number of alkyl halides is 3. The molecule has 1 aliphatic heterocycles. The van der Waals surface area contributed by atoms with Gasteiger partial charge in [-0.3, -0.25) is 0 Å². The smallest absolute Gasteiger partial charge is 0.421 e. The Kier molecular flexibility index (Phi) is 7.55. The molecule has 37 heavy (non-hydrogen) atoms. The third-order valence-corrected chi connectivity index (χ3v) is 6.33. The van der Waals surface area contributed by atoms with Crippen molar-refractivity contribution in [2.75, 3.05) is 19.7 Å². The summed E-state index contributed by atoms with van der Waals surface area (Å²) in [7, 11) is 1.76. The molecule has 0 bridgehead atoms. The Morgan fingerprint density at radius 3 is 2.54 bits per heavy atom. The fourth-order valence-corrected chi connectivity index (χ4v) is 4.45. The van der Waals surface area contributed by atoms with Crippen molar-refractivity contribution in [1.82, 2.24) is 24.4 Å². The number of ether oxygens (including phenoxy) is 2. The first-order chi connectivity index (χ1) is 17.3. The number of carbonyl (C=O) groups excluding carboxylic acids is 1. The summed E-state index contributed by atoms with van der Waals surface area (Å²) in [4.78, 5) is 26.2. The molecule has 3 aromatic heterocycles. The lowest BCUT2D eigenvalue weighted by Gasteiger charge is -2.33. The van der Waals surface area contributed by atoms with Gasteiger partial charge in [-0.2, -0.15) is 18.2 Å². The summed E-state index contributed by atoms with van der Waals surface area (Å²) in [5, 5.41) is 0.490. The van der Waals surface area contributed by atoms with E-state index >= 15 is 0 Å². The number of amides is 1. The maximum Gasteiger partial charge on any atom is 0.421 e. The second-order valence-electron chi connectivity index (χ2n) is 10.1. The normalized spacial score (nSPS) is 15.3. The van der Waals surface area contributed by atoms with E-state index in [9.17, 15) is 18.0 Å². The molecule has 0 radical (unpaired) electrons. The van der Waals surface area contributed by atoms with Gasteiger partial charge in [-0.05, 0) is 69.7 Å². The number of likely N-dealkylation sites (tertiary alicyclic amines) is 1. The van der Waals surface area contributed by atoms with Gasteiger partial charge in [0.25, 0.3) is 0 Å². The van der Waals surface area contributed by atoms with Gasteiger partial charge in [-0.15, -0.1) is 0 Å². The summed E-state index contributed by atoms with van der Waals surface area (Å²) < 4.78 is 54.4. The SMILES string of the molecule is Cn1ccc2c(-c3cnc(OCCC4CCN(C(=O)OC(C)(C)C)CC4)c(C(F)(F)F)c3)nc(Cl)nc21. The van der Waals surface area contributed by atoms with Crippen LogP contribution in [0.15, 0.2) is 24.5 Å². The molecule has 0 aliphatic carbocycles. The Balaban J connectivity index is 1.43. The van der Waals surface area contributed by atoms with Gasteiger partial charge in [0.2, 0.25) is 11.2 Å². The Morgan fingerprint density at radius 1 is 1.19 bits per heavy atom. The van der Waals surface area contributed by atoms with Gasteiger partial charge in [-0.25, -0.2) is 14.8 Å². The highest BCUT2D eigenvalue weighted by molar-refractivity contribution is 6.28. The van der Waals surface area contributed by atoms with Crippen molar-refractivity contribution in [3.05, 3.63) is 35.4 Å². The first-order valence-corrected chi connectivity index (χ1v) is 12.4. The van der Waals surface area contributed by atoms with Crippen LogP contribution >= 0.6 is 11.6 Å². The number of nitrogens with zero attached hydrogens (tertiary/aromatic N) is 5. The molecule has 3 aromatic rings. The Labute approximate surface area is 217 Å². The maximum atomic E-state index is 13.9. The zero-order valence-electron chi connectivity index (χ0n) is 21.1. The van der Waals surface area contributed by atoms with E-state index in [0.717, 1.165) is 18.9 Å². The summed E-state index contributed by atoms with van der Waals surface area (Å²) in [6.07, 6.45) is 0.00489. The van der Waals surface area contributed by atoms with Crippen LogP contribution in [0.3, 0.4) is 0 Å². The van der Waals surface area contributed by atoms with Crippen molar-refractivity contribution in [3.8, 4) is 17.1 Å². The van der Waals surface area contributed by atoms with Crippen molar-refractivity contribution in [2.45, 2.75) is 51.8 Å². The lowest BCUT2D eigenvalue weighted by Crippen LogP contribution is -2.41. The van der Waals surface area contributed by atoms with Gasteiger partial charge >= 0.3 is 12.3 Å². The summed E-state index contributed by atoms with van der Waals surface area (Å²) in [6.45, 7) is 6.60. The standard InChI is InChI=1S/C25H29ClF3N5O3/c1-24(2,3)37-23(35)34-10-5-15(6-11-34)8-12-36-21-18(25(27,28)29)13-16(14-30-21)19-17-7-9-33(4)20(17)32-22(26)31-19/h7,9,13-15H,5-6,8,10-12H2,1-4H3. The van der Waals surface area contributed by atoms with Crippen LogP contribution in [0.2, 0.25) is 5.28 Å². The molecule has 1 aliphatic rings. The quantitative estimate of drug-likeness (QED) is 0.363. The zero-order chi connectivity index (χ0) is 27.0. The molecule has 12 heteroatoms. The summed E-state index contributed by atoms with van der Waals surface area (Å²) >= 11 is 6.03. The van der Waals surface area contributed by atoms with Gasteiger partial charge < -0.3 is 18.9 Å². The number of piperidine rings is 1. The van der Waals surface area contributed by atoms with E-state index in [4.69, 9.17) is 21.1 Å². The van der Waals surface area contributed by atoms with Crippen molar-refractivity contribution in [1.29, 1.82) is 0 Å².